The molecule has 0 atom stereocenters. The van der Waals surface area contributed by atoms with E-state index in [1.165, 1.54) is 0 Å². The number of benzene rings is 1. The van der Waals surface area contributed by atoms with Gasteiger partial charge in [0.2, 0.25) is 5.91 Å². The minimum Gasteiger partial charge on any atom is -0.346 e. The molecule has 1 N–H and O–H groups in total. The smallest absolute Gasteiger partial charge is 0.273 e. The van der Waals surface area contributed by atoms with E-state index in [0.29, 0.717) is 23.0 Å². The predicted molar refractivity (Wildman–Crippen MR) is 89.5 cm³/mol. The van der Waals surface area contributed by atoms with Crippen LogP contribution >= 0.6 is 11.6 Å². The summed E-state index contributed by atoms with van der Waals surface area (Å²) < 4.78 is 0. The molecule has 1 aromatic heterocycles. The molecule has 0 bridgehead atoms. The Bertz CT molecular complexity index is 773. The molecular formula is C16H19ClN4O2. The van der Waals surface area contributed by atoms with Crippen molar-refractivity contribution in [3.05, 3.63) is 44.8 Å². The third-order valence-electron chi connectivity index (χ3n) is 3.69. The van der Waals surface area contributed by atoms with Crippen molar-refractivity contribution in [2.24, 2.45) is 0 Å². The first kappa shape index (κ1) is 17.1. The standard InChI is InChI=1S/C16H19ClN4O2/c1-4-21(3)14(22)8-7-13-16(23)18-15(20-19-13)11-6-5-10(2)12(17)9-11/h5-6,9H,4,7-8H2,1-3H3,(H,18,20,23). The molecule has 0 aliphatic carbocycles. The van der Waals surface area contributed by atoms with Crippen LogP contribution in [0.25, 0.3) is 11.4 Å². The van der Waals surface area contributed by atoms with Crippen LogP contribution in [-0.4, -0.2) is 39.6 Å². The summed E-state index contributed by atoms with van der Waals surface area (Å²) in [6, 6.07) is 5.40. The molecule has 122 valence electrons. The second-order valence-corrected chi connectivity index (χ2v) is 5.73. The zero-order chi connectivity index (χ0) is 17.0. The maximum atomic E-state index is 12.1. The Balaban J connectivity index is 2.16. The number of nitrogens with one attached hydrogen (secondary N) is 1. The number of hydrogen-bond acceptors (Lipinski definition) is 4. The normalized spacial score (nSPS) is 10.6. The molecule has 0 unspecified atom stereocenters. The van der Waals surface area contributed by atoms with Crippen molar-refractivity contribution < 1.29 is 4.79 Å². The summed E-state index contributed by atoms with van der Waals surface area (Å²) in [4.78, 5) is 28.2. The number of aryl methyl sites for hydroxylation is 2. The average molecular weight is 335 g/mol. The first-order chi connectivity index (χ1) is 10.9. The van der Waals surface area contributed by atoms with Crippen LogP contribution < -0.4 is 5.56 Å². The van der Waals surface area contributed by atoms with Gasteiger partial charge in [-0.15, -0.1) is 10.2 Å². The van der Waals surface area contributed by atoms with Crippen LogP contribution in [-0.2, 0) is 11.2 Å². The fourth-order valence-electron chi connectivity index (χ4n) is 1.99. The zero-order valence-corrected chi connectivity index (χ0v) is 14.1. The van der Waals surface area contributed by atoms with Crippen molar-refractivity contribution >= 4 is 17.5 Å². The van der Waals surface area contributed by atoms with Crippen LogP contribution in [0.3, 0.4) is 0 Å². The number of amides is 1. The van der Waals surface area contributed by atoms with E-state index in [0.717, 1.165) is 5.56 Å². The van der Waals surface area contributed by atoms with Gasteiger partial charge in [-0.3, -0.25) is 9.59 Å². The van der Waals surface area contributed by atoms with Crippen LogP contribution in [0.15, 0.2) is 23.0 Å². The van der Waals surface area contributed by atoms with Gasteiger partial charge in [-0.1, -0.05) is 23.7 Å². The Hall–Kier alpha value is -2.21. The van der Waals surface area contributed by atoms with E-state index < -0.39 is 0 Å². The van der Waals surface area contributed by atoms with Gasteiger partial charge in [-0.2, -0.15) is 0 Å². The molecule has 1 aromatic carbocycles. The number of aromatic amines is 1. The molecule has 0 spiro atoms. The molecule has 0 aliphatic rings. The molecule has 1 heterocycles. The number of hydrogen-bond donors (Lipinski definition) is 1. The summed E-state index contributed by atoms with van der Waals surface area (Å²) in [6.45, 7) is 4.42. The first-order valence-corrected chi connectivity index (χ1v) is 7.76. The lowest BCUT2D eigenvalue weighted by Crippen LogP contribution is -2.27. The molecule has 6 nitrogen and oxygen atoms in total. The van der Waals surface area contributed by atoms with Crippen LogP contribution in [0.2, 0.25) is 5.02 Å². The van der Waals surface area contributed by atoms with Crippen LogP contribution in [0.4, 0.5) is 0 Å². The summed E-state index contributed by atoms with van der Waals surface area (Å²) in [5.41, 5.74) is 1.56. The summed E-state index contributed by atoms with van der Waals surface area (Å²) in [5, 5.41) is 8.59. The molecule has 0 saturated heterocycles. The Morgan fingerprint density at radius 2 is 2.09 bits per heavy atom. The number of carbonyl (C=O) groups is 1. The van der Waals surface area contributed by atoms with Gasteiger partial charge in [0.05, 0.1) is 0 Å². The van der Waals surface area contributed by atoms with Crippen molar-refractivity contribution in [2.75, 3.05) is 13.6 Å². The molecule has 0 aliphatic heterocycles. The van der Waals surface area contributed by atoms with Gasteiger partial charge in [0.15, 0.2) is 5.82 Å². The number of nitrogens with zero attached hydrogens (tertiary/aromatic N) is 3. The number of rotatable bonds is 5. The van der Waals surface area contributed by atoms with E-state index in [1.807, 2.05) is 26.0 Å². The Kier molecular flexibility index (Phi) is 5.50. The Morgan fingerprint density at radius 3 is 2.70 bits per heavy atom. The topological polar surface area (TPSA) is 79.0 Å². The molecule has 23 heavy (non-hydrogen) atoms. The average Bonchev–Trinajstić information content (AvgIpc) is 2.55. The highest BCUT2D eigenvalue weighted by Gasteiger charge is 2.11. The number of aromatic nitrogens is 3. The third kappa shape index (κ3) is 4.16. The van der Waals surface area contributed by atoms with Gasteiger partial charge >= 0.3 is 0 Å². The van der Waals surface area contributed by atoms with Crippen LogP contribution in [0.5, 0.6) is 0 Å². The van der Waals surface area contributed by atoms with Crippen molar-refractivity contribution in [3.8, 4) is 11.4 Å². The van der Waals surface area contributed by atoms with E-state index in [9.17, 15) is 9.59 Å². The number of H-pyrrole nitrogens is 1. The van der Waals surface area contributed by atoms with E-state index in [1.54, 1.807) is 18.0 Å². The minimum absolute atomic E-state index is 0.0249. The monoisotopic (exact) mass is 334 g/mol. The maximum absolute atomic E-state index is 12.1. The Labute approximate surface area is 139 Å². The highest BCUT2D eigenvalue weighted by atomic mass is 35.5. The van der Waals surface area contributed by atoms with Crippen molar-refractivity contribution in [3.63, 3.8) is 0 Å². The summed E-state index contributed by atoms with van der Waals surface area (Å²) >= 11 is 6.08. The van der Waals surface area contributed by atoms with Gasteiger partial charge < -0.3 is 9.88 Å². The van der Waals surface area contributed by atoms with Crippen molar-refractivity contribution in [1.82, 2.24) is 20.1 Å². The molecule has 0 radical (unpaired) electrons. The largest absolute Gasteiger partial charge is 0.346 e. The van der Waals surface area contributed by atoms with E-state index in [-0.39, 0.29) is 30.0 Å². The number of carbonyl (C=O) groups excluding carboxylic acids is 1. The lowest BCUT2D eigenvalue weighted by atomic mass is 10.1. The van der Waals surface area contributed by atoms with Gasteiger partial charge in [0.25, 0.3) is 5.56 Å². The number of halogens is 1. The van der Waals surface area contributed by atoms with E-state index in [4.69, 9.17) is 11.6 Å². The van der Waals surface area contributed by atoms with Gasteiger partial charge in [0.1, 0.15) is 5.69 Å². The fourth-order valence-corrected chi connectivity index (χ4v) is 2.17. The van der Waals surface area contributed by atoms with Gasteiger partial charge in [0, 0.05) is 37.0 Å². The van der Waals surface area contributed by atoms with E-state index in [2.05, 4.69) is 15.2 Å². The van der Waals surface area contributed by atoms with Crippen molar-refractivity contribution in [2.45, 2.75) is 26.7 Å². The van der Waals surface area contributed by atoms with Crippen molar-refractivity contribution in [1.29, 1.82) is 0 Å². The first-order valence-electron chi connectivity index (χ1n) is 7.38. The molecule has 2 rings (SSSR count). The third-order valence-corrected chi connectivity index (χ3v) is 4.09. The second kappa shape index (κ2) is 7.37. The highest BCUT2D eigenvalue weighted by Crippen LogP contribution is 2.21. The molecule has 0 fully saturated rings. The summed E-state index contributed by atoms with van der Waals surface area (Å²) in [5.74, 6) is 0.334. The molecule has 1 amide bonds. The minimum atomic E-state index is -0.335. The zero-order valence-electron chi connectivity index (χ0n) is 13.4. The summed E-state index contributed by atoms with van der Waals surface area (Å²) in [6.07, 6.45) is 0.498. The van der Waals surface area contributed by atoms with E-state index >= 15 is 0 Å². The van der Waals surface area contributed by atoms with Crippen LogP contribution in [0.1, 0.15) is 24.6 Å². The summed E-state index contributed by atoms with van der Waals surface area (Å²) in [7, 11) is 1.72. The predicted octanol–water partition coefficient (Wildman–Crippen LogP) is 2.20. The molecule has 2 aromatic rings. The maximum Gasteiger partial charge on any atom is 0.273 e. The molecule has 0 saturated carbocycles. The fraction of sp³-hybridized carbons (Fsp3) is 0.375. The molecular weight excluding hydrogens is 316 g/mol. The SMILES string of the molecule is CCN(C)C(=O)CCc1nnc(-c2ccc(C)c(Cl)c2)[nH]c1=O. The second-order valence-electron chi connectivity index (χ2n) is 5.32. The Morgan fingerprint density at radius 1 is 1.35 bits per heavy atom. The van der Waals surface area contributed by atoms with Gasteiger partial charge in [-0.25, -0.2) is 0 Å². The molecule has 7 heteroatoms. The lowest BCUT2D eigenvalue weighted by Gasteiger charge is -2.13. The lowest BCUT2D eigenvalue weighted by molar-refractivity contribution is -0.129. The highest BCUT2D eigenvalue weighted by molar-refractivity contribution is 6.31. The quantitative estimate of drug-likeness (QED) is 0.909. The van der Waals surface area contributed by atoms with Crippen LogP contribution in [0, 0.1) is 6.92 Å². The van der Waals surface area contributed by atoms with Gasteiger partial charge in [-0.05, 0) is 25.5 Å².